The summed E-state index contributed by atoms with van der Waals surface area (Å²) in [6.45, 7) is 7.37. The van der Waals surface area contributed by atoms with E-state index >= 15 is 4.39 Å². The van der Waals surface area contributed by atoms with Gasteiger partial charge in [0, 0.05) is 11.1 Å². The molecule has 0 radical (unpaired) electrons. The Labute approximate surface area is 175 Å². The number of carbonyl (C=O) groups excluding carboxylic acids is 1. The molecule has 1 saturated heterocycles. The lowest BCUT2D eigenvalue weighted by molar-refractivity contribution is 0.00578. The van der Waals surface area contributed by atoms with E-state index in [4.69, 9.17) is 14.0 Å². The van der Waals surface area contributed by atoms with E-state index in [0.717, 1.165) is 0 Å². The van der Waals surface area contributed by atoms with Crippen LogP contribution in [0.5, 0.6) is 5.75 Å². The summed E-state index contributed by atoms with van der Waals surface area (Å²) in [5, 5.41) is 7.69. The number of ether oxygens (including phenoxy) is 2. The standard InChI is InChI=1S/C20H25BFN3O5/c1-19(2)20(3,4)30-21(29-19)17(22)14(13-9-7-8-10-16(13)27-5)11-25-12-15(23-24-25)18(26)28-6/h7-10,12H,11H2,1-6H3. The number of benzene rings is 1. The number of esters is 1. The van der Waals surface area contributed by atoms with E-state index in [2.05, 4.69) is 15.0 Å². The van der Waals surface area contributed by atoms with Crippen LogP contribution in [0.15, 0.2) is 36.2 Å². The minimum atomic E-state index is -1.20. The van der Waals surface area contributed by atoms with Crippen LogP contribution in [0, 0.1) is 0 Å². The largest absolute Gasteiger partial charge is 0.525 e. The van der Waals surface area contributed by atoms with Crippen LogP contribution in [-0.4, -0.2) is 53.5 Å². The van der Waals surface area contributed by atoms with Gasteiger partial charge in [0.15, 0.2) is 5.69 Å². The van der Waals surface area contributed by atoms with Gasteiger partial charge < -0.3 is 18.8 Å². The molecule has 0 atom stereocenters. The van der Waals surface area contributed by atoms with Crippen LogP contribution in [0.3, 0.4) is 0 Å². The minimum absolute atomic E-state index is 0.0212. The number of allylic oxidation sites excluding steroid dienone is 1. The second kappa shape index (κ2) is 8.19. The van der Waals surface area contributed by atoms with Crippen LogP contribution < -0.4 is 4.74 Å². The molecule has 3 rings (SSSR count). The van der Waals surface area contributed by atoms with Crippen molar-refractivity contribution in [2.45, 2.75) is 45.4 Å². The molecule has 1 aliphatic rings. The Morgan fingerprint density at radius 1 is 1.17 bits per heavy atom. The SMILES string of the molecule is COC(=O)c1cn(CC(=C(F)B2OC(C)(C)C(C)(C)O2)c2ccccc2OC)nn1. The average Bonchev–Trinajstić information content (AvgIpc) is 3.26. The second-order valence-corrected chi connectivity index (χ2v) is 7.91. The maximum atomic E-state index is 15.8. The highest BCUT2D eigenvalue weighted by Crippen LogP contribution is 2.41. The smallest absolute Gasteiger partial charge is 0.496 e. The number of nitrogens with zero attached hydrogens (tertiary/aromatic N) is 3. The third-order valence-electron chi connectivity index (χ3n) is 5.43. The first kappa shape index (κ1) is 22.0. The van der Waals surface area contributed by atoms with Crippen molar-refractivity contribution in [3.05, 3.63) is 47.4 Å². The van der Waals surface area contributed by atoms with E-state index in [9.17, 15) is 4.79 Å². The molecular formula is C20H25BFN3O5. The molecule has 30 heavy (non-hydrogen) atoms. The predicted octanol–water partition coefficient (Wildman–Crippen LogP) is 3.09. The van der Waals surface area contributed by atoms with Gasteiger partial charge in [-0.15, -0.1) is 5.10 Å². The highest BCUT2D eigenvalue weighted by Gasteiger charge is 2.53. The Kier molecular flexibility index (Phi) is 6.00. The van der Waals surface area contributed by atoms with E-state index in [1.54, 1.807) is 24.3 Å². The van der Waals surface area contributed by atoms with E-state index in [1.165, 1.54) is 25.1 Å². The molecule has 0 unspecified atom stereocenters. The molecule has 2 aromatic rings. The first-order chi connectivity index (χ1) is 14.1. The Bertz CT molecular complexity index is 957. The third-order valence-corrected chi connectivity index (χ3v) is 5.43. The van der Waals surface area contributed by atoms with Crippen LogP contribution in [0.4, 0.5) is 4.39 Å². The monoisotopic (exact) mass is 417 g/mol. The molecule has 8 nitrogen and oxygen atoms in total. The average molecular weight is 417 g/mol. The molecule has 0 spiro atoms. The molecule has 160 valence electrons. The molecule has 1 fully saturated rings. The molecule has 2 heterocycles. The summed E-state index contributed by atoms with van der Waals surface area (Å²) in [7, 11) is 1.56. The first-order valence-electron chi connectivity index (χ1n) is 9.45. The van der Waals surface area contributed by atoms with Gasteiger partial charge in [0.05, 0.1) is 38.2 Å². The molecule has 1 aliphatic heterocycles. The van der Waals surface area contributed by atoms with Crippen molar-refractivity contribution in [3.63, 3.8) is 0 Å². The normalized spacial score (nSPS) is 18.2. The van der Waals surface area contributed by atoms with Crippen molar-refractivity contribution in [1.82, 2.24) is 15.0 Å². The zero-order chi connectivity index (χ0) is 22.1. The highest BCUT2D eigenvalue weighted by atomic mass is 19.1. The lowest BCUT2D eigenvalue weighted by Gasteiger charge is -2.32. The van der Waals surface area contributed by atoms with Crippen molar-refractivity contribution < 1.29 is 28.0 Å². The minimum Gasteiger partial charge on any atom is -0.496 e. The third kappa shape index (κ3) is 4.10. The number of halogens is 1. The summed E-state index contributed by atoms with van der Waals surface area (Å²) in [6.07, 6.45) is 1.39. The van der Waals surface area contributed by atoms with Gasteiger partial charge in [-0.1, -0.05) is 23.4 Å². The molecule has 0 N–H and O–H groups in total. The molecular weight excluding hydrogens is 392 g/mol. The van der Waals surface area contributed by atoms with Gasteiger partial charge in [0.25, 0.3) is 0 Å². The molecule has 0 bridgehead atoms. The molecule has 10 heteroatoms. The molecule has 1 aromatic heterocycles. The topological polar surface area (TPSA) is 84.7 Å². The zero-order valence-electron chi connectivity index (χ0n) is 17.9. The van der Waals surface area contributed by atoms with Crippen molar-refractivity contribution in [3.8, 4) is 5.75 Å². The Morgan fingerprint density at radius 2 is 1.80 bits per heavy atom. The first-order valence-corrected chi connectivity index (χ1v) is 9.45. The van der Waals surface area contributed by atoms with Crippen molar-refractivity contribution >= 4 is 18.7 Å². The fourth-order valence-corrected chi connectivity index (χ4v) is 3.01. The van der Waals surface area contributed by atoms with Gasteiger partial charge in [-0.2, -0.15) is 0 Å². The van der Waals surface area contributed by atoms with Crippen molar-refractivity contribution in [2.75, 3.05) is 14.2 Å². The van der Waals surface area contributed by atoms with Crippen LogP contribution in [0.25, 0.3) is 5.57 Å². The van der Waals surface area contributed by atoms with Gasteiger partial charge in [0.2, 0.25) is 0 Å². The summed E-state index contributed by atoms with van der Waals surface area (Å²) in [4.78, 5) is 11.7. The van der Waals surface area contributed by atoms with Crippen LogP contribution >= 0.6 is 0 Å². The van der Waals surface area contributed by atoms with Gasteiger partial charge in [-0.3, -0.25) is 0 Å². The van der Waals surface area contributed by atoms with Crippen LogP contribution in [0.2, 0.25) is 0 Å². The summed E-state index contributed by atoms with van der Waals surface area (Å²) in [5.41, 5.74) is -1.23. The number of hydrogen-bond acceptors (Lipinski definition) is 7. The van der Waals surface area contributed by atoms with Gasteiger partial charge in [-0.05, 0) is 33.8 Å². The summed E-state index contributed by atoms with van der Waals surface area (Å²) < 4.78 is 39.0. The van der Waals surface area contributed by atoms with Gasteiger partial charge >= 0.3 is 13.1 Å². The van der Waals surface area contributed by atoms with Crippen molar-refractivity contribution in [2.24, 2.45) is 0 Å². The van der Waals surface area contributed by atoms with E-state index in [0.29, 0.717) is 11.3 Å². The lowest BCUT2D eigenvalue weighted by atomic mass is 9.82. The summed E-state index contributed by atoms with van der Waals surface area (Å²) in [5.74, 6) is -0.150. The number of aromatic nitrogens is 3. The Morgan fingerprint density at radius 3 is 2.40 bits per heavy atom. The molecule has 1 aromatic carbocycles. The molecule has 0 aliphatic carbocycles. The quantitative estimate of drug-likeness (QED) is 0.528. The van der Waals surface area contributed by atoms with Crippen LogP contribution in [0.1, 0.15) is 43.7 Å². The number of methoxy groups -OCH3 is 2. The lowest BCUT2D eigenvalue weighted by Crippen LogP contribution is -2.41. The Balaban J connectivity index is 2.05. The van der Waals surface area contributed by atoms with Crippen LogP contribution in [-0.2, 0) is 20.6 Å². The number of para-hydroxylation sites is 1. The number of hydrogen-bond donors (Lipinski definition) is 0. The predicted molar refractivity (Wildman–Crippen MR) is 108 cm³/mol. The Hall–Kier alpha value is -2.72. The zero-order valence-corrected chi connectivity index (χ0v) is 17.9. The van der Waals surface area contributed by atoms with Crippen molar-refractivity contribution in [1.29, 1.82) is 0 Å². The highest BCUT2D eigenvalue weighted by molar-refractivity contribution is 6.55. The maximum absolute atomic E-state index is 15.8. The fourth-order valence-electron chi connectivity index (χ4n) is 3.01. The summed E-state index contributed by atoms with van der Waals surface area (Å²) in [6, 6.07) is 7.03. The van der Waals surface area contributed by atoms with Gasteiger partial charge in [-0.25, -0.2) is 13.9 Å². The van der Waals surface area contributed by atoms with E-state index < -0.39 is 30.0 Å². The van der Waals surface area contributed by atoms with E-state index in [1.807, 2.05) is 27.7 Å². The fraction of sp³-hybridized carbons (Fsp3) is 0.450. The summed E-state index contributed by atoms with van der Waals surface area (Å²) >= 11 is 0. The maximum Gasteiger partial charge on any atom is 0.525 e. The van der Waals surface area contributed by atoms with Gasteiger partial charge in [0.1, 0.15) is 11.5 Å². The van der Waals surface area contributed by atoms with E-state index in [-0.39, 0.29) is 17.8 Å². The second-order valence-electron chi connectivity index (χ2n) is 7.91. The number of carbonyl (C=O) groups is 1. The molecule has 0 saturated carbocycles. The number of rotatable bonds is 6. The molecule has 0 amide bonds.